The Kier molecular flexibility index (Phi) is 6.07. The van der Waals surface area contributed by atoms with E-state index in [0.717, 1.165) is 30.1 Å². The largest absolute Gasteiger partial charge is 0.379 e. The zero-order chi connectivity index (χ0) is 12.7. The van der Waals surface area contributed by atoms with Gasteiger partial charge in [0, 0.05) is 13.2 Å². The SMILES string of the molecule is CCc1nnsc1C(=O)NCCCOC(C)C. The topological polar surface area (TPSA) is 64.1 Å². The minimum Gasteiger partial charge on any atom is -0.379 e. The normalized spacial score (nSPS) is 10.8. The quantitative estimate of drug-likeness (QED) is 0.754. The molecule has 0 saturated carbocycles. The van der Waals surface area contributed by atoms with E-state index in [1.807, 2.05) is 20.8 Å². The third-order valence-corrected chi connectivity index (χ3v) is 2.92. The van der Waals surface area contributed by atoms with Crippen LogP contribution in [0.5, 0.6) is 0 Å². The molecule has 1 rings (SSSR count). The van der Waals surface area contributed by atoms with E-state index in [4.69, 9.17) is 4.74 Å². The lowest BCUT2D eigenvalue weighted by molar-refractivity contribution is 0.0757. The highest BCUT2D eigenvalue weighted by Gasteiger charge is 2.13. The van der Waals surface area contributed by atoms with E-state index in [1.54, 1.807) is 0 Å². The fourth-order valence-corrected chi connectivity index (χ4v) is 1.95. The van der Waals surface area contributed by atoms with Crippen molar-refractivity contribution in [2.75, 3.05) is 13.2 Å². The molecule has 0 fully saturated rings. The molecule has 0 saturated heterocycles. The van der Waals surface area contributed by atoms with Gasteiger partial charge in [-0.1, -0.05) is 11.4 Å². The van der Waals surface area contributed by atoms with E-state index in [2.05, 4.69) is 14.9 Å². The van der Waals surface area contributed by atoms with E-state index in [9.17, 15) is 4.79 Å². The second kappa shape index (κ2) is 7.34. The van der Waals surface area contributed by atoms with Crippen LogP contribution in [0.2, 0.25) is 0 Å². The molecule has 0 unspecified atom stereocenters. The number of ether oxygens (including phenoxy) is 1. The number of aryl methyl sites for hydroxylation is 1. The van der Waals surface area contributed by atoms with Crippen molar-refractivity contribution >= 4 is 17.4 Å². The van der Waals surface area contributed by atoms with Gasteiger partial charge in [0.05, 0.1) is 11.8 Å². The van der Waals surface area contributed by atoms with Crippen LogP contribution in [-0.2, 0) is 11.2 Å². The Bertz CT molecular complexity index is 352. The molecule has 0 radical (unpaired) electrons. The molecule has 0 aliphatic heterocycles. The predicted octanol–water partition coefficient (Wildman–Crippen LogP) is 1.65. The molecule has 0 spiro atoms. The lowest BCUT2D eigenvalue weighted by atomic mass is 10.3. The maximum atomic E-state index is 11.8. The molecule has 1 amide bonds. The molecule has 0 atom stereocenters. The smallest absolute Gasteiger partial charge is 0.264 e. The van der Waals surface area contributed by atoms with Crippen LogP contribution in [0.4, 0.5) is 0 Å². The summed E-state index contributed by atoms with van der Waals surface area (Å²) in [7, 11) is 0. The van der Waals surface area contributed by atoms with Gasteiger partial charge in [0.15, 0.2) is 0 Å². The minimum atomic E-state index is -0.0820. The Morgan fingerprint density at radius 2 is 2.29 bits per heavy atom. The first kappa shape index (κ1) is 14.1. The van der Waals surface area contributed by atoms with Crippen LogP contribution in [0.1, 0.15) is 42.6 Å². The molecule has 1 heterocycles. The fraction of sp³-hybridized carbons (Fsp3) is 0.727. The van der Waals surface area contributed by atoms with Crippen molar-refractivity contribution in [3.8, 4) is 0 Å². The Morgan fingerprint density at radius 3 is 2.94 bits per heavy atom. The van der Waals surface area contributed by atoms with Crippen LogP contribution < -0.4 is 5.32 Å². The van der Waals surface area contributed by atoms with E-state index in [-0.39, 0.29) is 12.0 Å². The van der Waals surface area contributed by atoms with Crippen LogP contribution in [-0.4, -0.2) is 34.7 Å². The first-order valence-corrected chi connectivity index (χ1v) is 6.63. The molecule has 6 heteroatoms. The maximum absolute atomic E-state index is 11.8. The number of carbonyl (C=O) groups excluding carboxylic acids is 1. The van der Waals surface area contributed by atoms with Crippen molar-refractivity contribution in [3.05, 3.63) is 10.6 Å². The molecule has 1 aromatic rings. The van der Waals surface area contributed by atoms with Gasteiger partial charge in [-0.15, -0.1) is 5.10 Å². The molecule has 0 aromatic carbocycles. The number of hydrogen-bond acceptors (Lipinski definition) is 5. The monoisotopic (exact) mass is 257 g/mol. The van der Waals surface area contributed by atoms with Crippen molar-refractivity contribution in [2.45, 2.75) is 39.7 Å². The lowest BCUT2D eigenvalue weighted by Gasteiger charge is -2.07. The van der Waals surface area contributed by atoms with Crippen LogP contribution in [0.15, 0.2) is 0 Å². The molecule has 96 valence electrons. The summed E-state index contributed by atoms with van der Waals surface area (Å²) in [6.07, 6.45) is 1.79. The number of nitrogens with one attached hydrogen (secondary N) is 1. The van der Waals surface area contributed by atoms with E-state index < -0.39 is 0 Å². The summed E-state index contributed by atoms with van der Waals surface area (Å²) < 4.78 is 9.17. The summed E-state index contributed by atoms with van der Waals surface area (Å²) in [5, 5.41) is 6.75. The second-order valence-electron chi connectivity index (χ2n) is 3.93. The number of carbonyl (C=O) groups is 1. The molecule has 0 bridgehead atoms. The molecule has 1 N–H and O–H groups in total. The highest BCUT2D eigenvalue weighted by molar-refractivity contribution is 7.08. The van der Waals surface area contributed by atoms with Gasteiger partial charge in [-0.3, -0.25) is 4.79 Å². The number of rotatable bonds is 7. The van der Waals surface area contributed by atoms with Crippen LogP contribution in [0.3, 0.4) is 0 Å². The van der Waals surface area contributed by atoms with Gasteiger partial charge in [-0.2, -0.15) is 0 Å². The standard InChI is InChI=1S/C11H19N3O2S/c1-4-9-10(17-14-13-9)11(15)12-6-5-7-16-8(2)3/h8H,4-7H2,1-3H3,(H,12,15). The third kappa shape index (κ3) is 4.79. The third-order valence-electron chi connectivity index (χ3n) is 2.15. The van der Waals surface area contributed by atoms with Crippen LogP contribution in [0.25, 0.3) is 0 Å². The Hall–Kier alpha value is -1.01. The zero-order valence-corrected chi connectivity index (χ0v) is 11.3. The summed E-state index contributed by atoms with van der Waals surface area (Å²) in [5.41, 5.74) is 0.769. The number of amides is 1. The summed E-state index contributed by atoms with van der Waals surface area (Å²) in [6.45, 7) is 7.24. The lowest BCUT2D eigenvalue weighted by Crippen LogP contribution is -2.25. The van der Waals surface area contributed by atoms with Crippen LogP contribution in [0, 0.1) is 0 Å². The summed E-state index contributed by atoms with van der Waals surface area (Å²) in [6, 6.07) is 0. The number of nitrogens with zero attached hydrogens (tertiary/aromatic N) is 2. The van der Waals surface area contributed by atoms with Gasteiger partial charge >= 0.3 is 0 Å². The summed E-state index contributed by atoms with van der Waals surface area (Å²) in [5.74, 6) is -0.0820. The van der Waals surface area contributed by atoms with Gasteiger partial charge < -0.3 is 10.1 Å². The fourth-order valence-electron chi connectivity index (χ4n) is 1.29. The predicted molar refractivity (Wildman–Crippen MR) is 67.3 cm³/mol. The van der Waals surface area contributed by atoms with Gasteiger partial charge in [-0.25, -0.2) is 0 Å². The van der Waals surface area contributed by atoms with Crippen molar-refractivity contribution in [1.29, 1.82) is 0 Å². The molecule has 17 heavy (non-hydrogen) atoms. The van der Waals surface area contributed by atoms with Gasteiger partial charge in [0.2, 0.25) is 0 Å². The summed E-state index contributed by atoms with van der Waals surface area (Å²) in [4.78, 5) is 12.4. The van der Waals surface area contributed by atoms with Gasteiger partial charge in [-0.05, 0) is 38.2 Å². The van der Waals surface area contributed by atoms with E-state index >= 15 is 0 Å². The Morgan fingerprint density at radius 1 is 1.53 bits per heavy atom. The first-order valence-electron chi connectivity index (χ1n) is 5.86. The second-order valence-corrected chi connectivity index (χ2v) is 4.69. The molecular formula is C11H19N3O2S. The highest BCUT2D eigenvalue weighted by atomic mass is 32.1. The molecule has 1 aromatic heterocycles. The Labute approximate surface area is 106 Å². The molecular weight excluding hydrogens is 238 g/mol. The van der Waals surface area contributed by atoms with Gasteiger partial charge in [0.25, 0.3) is 5.91 Å². The highest BCUT2D eigenvalue weighted by Crippen LogP contribution is 2.10. The van der Waals surface area contributed by atoms with Crippen molar-refractivity contribution in [1.82, 2.24) is 14.9 Å². The van der Waals surface area contributed by atoms with Gasteiger partial charge in [0.1, 0.15) is 4.88 Å². The number of aromatic nitrogens is 2. The van der Waals surface area contributed by atoms with E-state index in [1.165, 1.54) is 0 Å². The molecule has 0 aliphatic rings. The maximum Gasteiger partial charge on any atom is 0.264 e. The minimum absolute atomic E-state index is 0.0820. The first-order chi connectivity index (χ1) is 8.15. The average molecular weight is 257 g/mol. The molecule has 0 aliphatic carbocycles. The van der Waals surface area contributed by atoms with Crippen molar-refractivity contribution in [2.24, 2.45) is 0 Å². The van der Waals surface area contributed by atoms with Crippen molar-refractivity contribution < 1.29 is 9.53 Å². The average Bonchev–Trinajstić information content (AvgIpc) is 2.75. The molecule has 5 nitrogen and oxygen atoms in total. The zero-order valence-electron chi connectivity index (χ0n) is 10.5. The van der Waals surface area contributed by atoms with Crippen molar-refractivity contribution in [3.63, 3.8) is 0 Å². The van der Waals surface area contributed by atoms with E-state index in [0.29, 0.717) is 18.0 Å². The Balaban J connectivity index is 2.26. The number of hydrogen-bond donors (Lipinski definition) is 1. The summed E-state index contributed by atoms with van der Waals surface area (Å²) >= 11 is 1.15. The van der Waals surface area contributed by atoms with Crippen LogP contribution >= 0.6 is 11.5 Å².